The van der Waals surface area contributed by atoms with Crippen LogP contribution in [0, 0.1) is 0 Å². The molecule has 0 heterocycles. The molecule has 0 amide bonds. The summed E-state index contributed by atoms with van der Waals surface area (Å²) in [5.74, 6) is 0. The molecule has 0 saturated carbocycles. The maximum absolute atomic E-state index is 0. The summed E-state index contributed by atoms with van der Waals surface area (Å²) < 4.78 is 0. The van der Waals surface area contributed by atoms with Crippen molar-refractivity contribution >= 4 is 24.0 Å². The molecule has 0 saturated heterocycles. The molecule has 0 aliphatic rings. The molecule has 0 aromatic rings. The summed E-state index contributed by atoms with van der Waals surface area (Å²) in [6.45, 7) is 0. The van der Waals surface area contributed by atoms with Gasteiger partial charge in [0.05, 0.1) is 0 Å². The molecule has 0 radical (unpaired) electrons. The van der Waals surface area contributed by atoms with Crippen molar-refractivity contribution in [2.24, 2.45) is 0 Å². The molecule has 0 fully saturated rings. The van der Waals surface area contributed by atoms with E-state index in [0.29, 0.717) is 0 Å². The minimum absolute atomic E-state index is 0. The van der Waals surface area contributed by atoms with Crippen LogP contribution in [0.2, 0.25) is 0 Å². The van der Waals surface area contributed by atoms with Crippen molar-refractivity contribution in [2.45, 2.75) is 0 Å². The van der Waals surface area contributed by atoms with Gasteiger partial charge in [-0.3, -0.25) is 0 Å². The molecule has 4 heteroatoms. The zero-order valence-corrected chi connectivity index (χ0v) is 10.1. The fourth-order valence-electron chi connectivity index (χ4n) is 0. The summed E-state index contributed by atoms with van der Waals surface area (Å²) in [7, 11) is 0. The van der Waals surface area contributed by atoms with Crippen molar-refractivity contribution in [1.29, 1.82) is 0 Å². The van der Waals surface area contributed by atoms with Gasteiger partial charge in [-0.1, -0.05) is 0 Å². The minimum Gasteiger partial charge on any atom is -1.00 e. The second kappa shape index (κ2) is 16.6. The number of hydrogen-bond donors (Lipinski definition) is 1. The van der Waals surface area contributed by atoms with Crippen LogP contribution in [0.25, 0.3) is 0 Å². The van der Waals surface area contributed by atoms with Gasteiger partial charge in [0.25, 0.3) is 0 Å². The van der Waals surface area contributed by atoms with Gasteiger partial charge in [0.15, 0.2) is 0 Å². The molecule has 1 nitrogen and oxygen atoms in total. The monoisotopic (exact) mass is 311 g/mol. The van der Waals surface area contributed by atoms with Crippen molar-refractivity contribution in [1.82, 2.24) is 6.15 Å². The third-order valence-electron chi connectivity index (χ3n) is 0. The van der Waals surface area contributed by atoms with Crippen LogP contribution < -0.4 is 81.5 Å². The Kier molecular flexibility index (Phi) is 115. The van der Waals surface area contributed by atoms with Crippen LogP contribution in [-0.2, 0) is 0 Å². The Bertz CT molecular complexity index is 6.00. The molecule has 3 N–H and O–H groups in total. The normalized spacial score (nSPS) is 0. The first-order chi connectivity index (χ1) is 0. The van der Waals surface area contributed by atoms with Crippen LogP contribution >= 0.6 is 24.0 Å². The van der Waals surface area contributed by atoms with Crippen molar-refractivity contribution in [3.8, 4) is 0 Å². The van der Waals surface area contributed by atoms with Crippen LogP contribution in [0.3, 0.4) is 0 Å². The summed E-state index contributed by atoms with van der Waals surface area (Å²) in [5.41, 5.74) is 0. The van der Waals surface area contributed by atoms with Gasteiger partial charge in [0.1, 0.15) is 0 Å². The summed E-state index contributed by atoms with van der Waals surface area (Å²) in [6, 6.07) is 0. The van der Waals surface area contributed by atoms with Gasteiger partial charge >= 0.3 is 51.4 Å². The van der Waals surface area contributed by atoms with Crippen molar-refractivity contribution in [2.75, 3.05) is 0 Å². The van der Waals surface area contributed by atoms with Crippen molar-refractivity contribution in [3.63, 3.8) is 0 Å². The summed E-state index contributed by atoms with van der Waals surface area (Å²) in [5, 5.41) is 0. The molecule has 24 valence electrons. The molecule has 0 aromatic carbocycles. The van der Waals surface area contributed by atoms with E-state index in [1.807, 2.05) is 0 Å². The van der Waals surface area contributed by atoms with E-state index in [9.17, 15) is 0 Å². The Balaban J connectivity index is 0. The van der Waals surface area contributed by atoms with Crippen LogP contribution in [0.4, 0.5) is 0 Å². The standard InChI is InChI=1S/2HI.K.H3N/h2*1H;;1H3/q;;+1;/p-1. The van der Waals surface area contributed by atoms with E-state index in [-0.39, 0.29) is 105 Å². The van der Waals surface area contributed by atoms with E-state index in [1.54, 1.807) is 0 Å². The number of hydrogen-bond acceptors (Lipinski definition) is 1. The van der Waals surface area contributed by atoms with E-state index in [4.69, 9.17) is 0 Å². The molecular formula is H4I2KN. The third-order valence-corrected chi connectivity index (χ3v) is 0. The average molecular weight is 311 g/mol. The number of rotatable bonds is 0. The van der Waals surface area contributed by atoms with Gasteiger partial charge in [-0.05, 0) is 0 Å². The van der Waals surface area contributed by atoms with Gasteiger partial charge < -0.3 is 30.1 Å². The molecule has 0 aliphatic heterocycles. The maximum atomic E-state index is 0. The van der Waals surface area contributed by atoms with Gasteiger partial charge in [-0.25, -0.2) is 0 Å². The van der Waals surface area contributed by atoms with E-state index in [0.717, 1.165) is 0 Å². The Hall–Kier alpha value is 3.06. The average Bonchev–Trinajstić information content (AvgIpc) is 0. The Morgan fingerprint density at radius 1 is 1.00 bits per heavy atom. The van der Waals surface area contributed by atoms with Gasteiger partial charge in [0, 0.05) is 0 Å². The zero-order valence-electron chi connectivity index (χ0n) is 2.49. The Labute approximate surface area is 103 Å². The van der Waals surface area contributed by atoms with E-state index >= 15 is 0 Å². The first-order valence-corrected chi connectivity index (χ1v) is 0. The molecule has 0 rings (SSSR count). The van der Waals surface area contributed by atoms with Crippen LogP contribution in [0.15, 0.2) is 0 Å². The predicted molar refractivity (Wildman–Crippen MR) is 20.4 cm³/mol. The van der Waals surface area contributed by atoms with Gasteiger partial charge in [0.2, 0.25) is 0 Å². The van der Waals surface area contributed by atoms with Gasteiger partial charge in [-0.2, -0.15) is 0 Å². The van der Waals surface area contributed by atoms with E-state index in [1.165, 1.54) is 0 Å². The van der Waals surface area contributed by atoms with Crippen LogP contribution in [0.1, 0.15) is 0 Å². The molecule has 0 atom stereocenters. The number of halogens is 2. The largest absolute Gasteiger partial charge is 1.00 e. The summed E-state index contributed by atoms with van der Waals surface area (Å²) >= 11 is 0. The molecule has 0 bridgehead atoms. The fourth-order valence-corrected chi connectivity index (χ4v) is 0. The molecular weight excluding hydrogens is 307 g/mol. The topological polar surface area (TPSA) is 35.0 Å². The summed E-state index contributed by atoms with van der Waals surface area (Å²) in [6.07, 6.45) is 0. The molecule has 4 heavy (non-hydrogen) atoms. The van der Waals surface area contributed by atoms with Crippen LogP contribution in [0.5, 0.6) is 0 Å². The SMILES string of the molecule is I.N.[I-].[K+]. The van der Waals surface area contributed by atoms with E-state index in [2.05, 4.69) is 0 Å². The molecule has 0 aromatic heterocycles. The maximum Gasteiger partial charge on any atom is 1.00 e. The zero-order chi connectivity index (χ0) is 0. The minimum atomic E-state index is 0. The summed E-state index contributed by atoms with van der Waals surface area (Å²) in [4.78, 5) is 0. The smallest absolute Gasteiger partial charge is 1.00 e. The van der Waals surface area contributed by atoms with Crippen LogP contribution in [-0.4, -0.2) is 0 Å². The van der Waals surface area contributed by atoms with E-state index < -0.39 is 0 Å². The second-order valence-electron chi connectivity index (χ2n) is 0. The fraction of sp³-hybridized carbons (Fsp3) is 0. The Morgan fingerprint density at radius 3 is 1.00 bits per heavy atom. The van der Waals surface area contributed by atoms with Crippen molar-refractivity contribution < 1.29 is 75.4 Å². The predicted octanol–water partition coefficient (Wildman–Crippen LogP) is -5.21. The third kappa shape index (κ3) is 8.91. The van der Waals surface area contributed by atoms with Crippen molar-refractivity contribution in [3.05, 3.63) is 0 Å². The molecule has 0 aliphatic carbocycles. The quantitative estimate of drug-likeness (QED) is 0.352. The Morgan fingerprint density at radius 2 is 1.00 bits per heavy atom. The first kappa shape index (κ1) is 27.7. The first-order valence-electron chi connectivity index (χ1n) is 0. The van der Waals surface area contributed by atoms with Gasteiger partial charge in [-0.15, -0.1) is 24.0 Å². The second-order valence-corrected chi connectivity index (χ2v) is 0. The molecule has 0 spiro atoms. The molecule has 0 unspecified atom stereocenters.